The number of amides is 2. The van der Waals surface area contributed by atoms with Crippen molar-refractivity contribution in [2.24, 2.45) is 5.92 Å². The van der Waals surface area contributed by atoms with Crippen molar-refractivity contribution in [3.05, 3.63) is 53.6 Å². The zero-order valence-corrected chi connectivity index (χ0v) is 15.6. The van der Waals surface area contributed by atoms with Crippen LogP contribution in [0, 0.1) is 5.92 Å². The molecule has 144 valence electrons. The lowest BCUT2D eigenvalue weighted by Crippen LogP contribution is -2.40. The summed E-state index contributed by atoms with van der Waals surface area (Å²) in [6, 6.07) is 13.8. The number of hydrogen-bond donors (Lipinski definition) is 0. The maximum Gasteiger partial charge on any atom is 0.228 e. The van der Waals surface area contributed by atoms with Gasteiger partial charge < -0.3 is 19.3 Å². The number of nitrogens with zero attached hydrogens (tertiary/aromatic N) is 2. The van der Waals surface area contributed by atoms with Crippen LogP contribution >= 0.6 is 0 Å². The van der Waals surface area contributed by atoms with E-state index in [-0.39, 0.29) is 24.2 Å². The van der Waals surface area contributed by atoms with Crippen LogP contribution in [-0.4, -0.2) is 43.0 Å². The van der Waals surface area contributed by atoms with Gasteiger partial charge in [-0.1, -0.05) is 24.3 Å². The fourth-order valence-corrected chi connectivity index (χ4v) is 4.26. The van der Waals surface area contributed by atoms with Crippen molar-refractivity contribution in [3.63, 3.8) is 0 Å². The first-order valence-electron chi connectivity index (χ1n) is 9.74. The number of ether oxygens (including phenoxy) is 2. The molecule has 0 spiro atoms. The molecule has 28 heavy (non-hydrogen) atoms. The smallest absolute Gasteiger partial charge is 0.228 e. The minimum atomic E-state index is -0.300. The van der Waals surface area contributed by atoms with Crippen LogP contribution in [-0.2, 0) is 22.6 Å². The molecule has 0 aliphatic carbocycles. The molecule has 6 nitrogen and oxygen atoms in total. The summed E-state index contributed by atoms with van der Waals surface area (Å²) in [5, 5.41) is 0. The number of carbonyl (C=O) groups excluding carboxylic acids is 2. The van der Waals surface area contributed by atoms with E-state index >= 15 is 0 Å². The fraction of sp³-hybridized carbons (Fsp3) is 0.364. The monoisotopic (exact) mass is 378 g/mol. The predicted octanol–water partition coefficient (Wildman–Crippen LogP) is 2.40. The van der Waals surface area contributed by atoms with E-state index in [9.17, 15) is 9.59 Å². The van der Waals surface area contributed by atoms with Crippen LogP contribution in [0.2, 0.25) is 0 Å². The van der Waals surface area contributed by atoms with Crippen molar-refractivity contribution in [2.75, 3.05) is 31.2 Å². The van der Waals surface area contributed by atoms with E-state index < -0.39 is 0 Å². The molecule has 0 aromatic heterocycles. The summed E-state index contributed by atoms with van der Waals surface area (Å²) < 4.78 is 11.2. The van der Waals surface area contributed by atoms with Crippen molar-refractivity contribution < 1.29 is 19.1 Å². The van der Waals surface area contributed by atoms with Gasteiger partial charge in [0.05, 0.1) is 5.92 Å². The van der Waals surface area contributed by atoms with Gasteiger partial charge in [-0.15, -0.1) is 0 Å². The Balaban J connectivity index is 1.31. The van der Waals surface area contributed by atoms with E-state index in [0.717, 1.165) is 12.1 Å². The highest BCUT2D eigenvalue weighted by Crippen LogP contribution is 2.36. The van der Waals surface area contributed by atoms with Crippen molar-refractivity contribution in [3.8, 4) is 11.5 Å². The minimum Gasteiger partial charge on any atom is -0.486 e. The van der Waals surface area contributed by atoms with Crippen LogP contribution in [0.4, 0.5) is 5.69 Å². The molecule has 0 saturated carbocycles. The van der Waals surface area contributed by atoms with E-state index in [2.05, 4.69) is 12.1 Å². The Hall–Kier alpha value is -3.02. The van der Waals surface area contributed by atoms with E-state index in [1.54, 1.807) is 4.90 Å². The molecule has 0 unspecified atom stereocenters. The van der Waals surface area contributed by atoms with Gasteiger partial charge in [0, 0.05) is 37.8 Å². The molecule has 5 rings (SSSR count). The van der Waals surface area contributed by atoms with Crippen LogP contribution in [0.3, 0.4) is 0 Å². The highest BCUT2D eigenvalue weighted by molar-refractivity contribution is 6.00. The maximum absolute atomic E-state index is 13.1. The third kappa shape index (κ3) is 2.99. The molecule has 0 radical (unpaired) electrons. The second-order valence-electron chi connectivity index (χ2n) is 7.51. The number of benzene rings is 2. The Labute approximate surface area is 163 Å². The second kappa shape index (κ2) is 6.86. The molecule has 2 aromatic carbocycles. The quantitative estimate of drug-likeness (QED) is 0.805. The lowest BCUT2D eigenvalue weighted by molar-refractivity contribution is -0.136. The average Bonchev–Trinajstić information content (AvgIpc) is 3.14. The molecule has 0 bridgehead atoms. The van der Waals surface area contributed by atoms with E-state index in [1.807, 2.05) is 35.2 Å². The van der Waals surface area contributed by atoms with Crippen molar-refractivity contribution >= 4 is 17.5 Å². The van der Waals surface area contributed by atoms with Gasteiger partial charge >= 0.3 is 0 Å². The van der Waals surface area contributed by atoms with Gasteiger partial charge in [0.2, 0.25) is 11.8 Å². The topological polar surface area (TPSA) is 59.1 Å². The first-order chi connectivity index (χ1) is 13.7. The van der Waals surface area contributed by atoms with Crippen molar-refractivity contribution in [2.45, 2.75) is 19.4 Å². The van der Waals surface area contributed by atoms with Crippen molar-refractivity contribution in [1.82, 2.24) is 4.90 Å². The largest absolute Gasteiger partial charge is 0.486 e. The molecule has 0 N–H and O–H groups in total. The number of fused-ring (bicyclic) bond motifs is 2. The lowest BCUT2D eigenvalue weighted by Gasteiger charge is -2.30. The first-order valence-corrected chi connectivity index (χ1v) is 9.74. The highest BCUT2D eigenvalue weighted by Gasteiger charge is 2.38. The van der Waals surface area contributed by atoms with Gasteiger partial charge in [0.25, 0.3) is 0 Å². The van der Waals surface area contributed by atoms with Gasteiger partial charge in [-0.05, 0) is 29.7 Å². The number of carbonyl (C=O) groups is 2. The van der Waals surface area contributed by atoms with Crippen LogP contribution in [0.5, 0.6) is 11.5 Å². The Morgan fingerprint density at radius 3 is 2.64 bits per heavy atom. The normalized spacial score (nSPS) is 20.9. The third-order valence-electron chi connectivity index (χ3n) is 5.75. The Kier molecular flexibility index (Phi) is 4.19. The molecular weight excluding hydrogens is 356 g/mol. The fourth-order valence-electron chi connectivity index (χ4n) is 4.26. The highest BCUT2D eigenvalue weighted by atomic mass is 16.6. The van der Waals surface area contributed by atoms with E-state index in [0.29, 0.717) is 44.3 Å². The molecule has 1 fully saturated rings. The van der Waals surface area contributed by atoms with Gasteiger partial charge in [-0.3, -0.25) is 9.59 Å². The van der Waals surface area contributed by atoms with Gasteiger partial charge in [-0.25, -0.2) is 0 Å². The molecule has 3 aliphatic rings. The molecule has 3 heterocycles. The molecule has 1 saturated heterocycles. The number of hydrogen-bond acceptors (Lipinski definition) is 4. The van der Waals surface area contributed by atoms with Crippen LogP contribution in [0.25, 0.3) is 0 Å². The number of rotatable bonds is 2. The minimum absolute atomic E-state index is 0.0209. The van der Waals surface area contributed by atoms with Gasteiger partial charge in [-0.2, -0.15) is 0 Å². The number of anilines is 1. The molecule has 3 aliphatic heterocycles. The summed E-state index contributed by atoms with van der Waals surface area (Å²) in [5.74, 6) is 1.10. The summed E-state index contributed by atoms with van der Waals surface area (Å²) in [4.78, 5) is 29.3. The summed E-state index contributed by atoms with van der Waals surface area (Å²) in [6.45, 7) is 2.79. The van der Waals surface area contributed by atoms with E-state index in [4.69, 9.17) is 9.47 Å². The lowest BCUT2D eigenvalue weighted by atomic mass is 9.98. The van der Waals surface area contributed by atoms with Gasteiger partial charge in [0.1, 0.15) is 13.2 Å². The van der Waals surface area contributed by atoms with Crippen LogP contribution in [0.15, 0.2) is 42.5 Å². The summed E-state index contributed by atoms with van der Waals surface area (Å²) >= 11 is 0. The Morgan fingerprint density at radius 2 is 1.79 bits per heavy atom. The standard InChI is InChI=1S/C22H22N2O4/c25-21-11-17(22(26)23-8-7-15-3-1-2-4-16(15)13-23)14-24(21)18-5-6-19-20(12-18)28-10-9-27-19/h1-6,12,17H,7-11,13-14H2/t17-/m1/s1. The summed E-state index contributed by atoms with van der Waals surface area (Å²) in [6.07, 6.45) is 1.12. The maximum atomic E-state index is 13.1. The molecule has 2 amide bonds. The summed E-state index contributed by atoms with van der Waals surface area (Å²) in [5.41, 5.74) is 3.27. The van der Waals surface area contributed by atoms with E-state index in [1.165, 1.54) is 11.1 Å². The van der Waals surface area contributed by atoms with Crippen LogP contribution < -0.4 is 14.4 Å². The third-order valence-corrected chi connectivity index (χ3v) is 5.75. The molecule has 1 atom stereocenters. The molecular formula is C22H22N2O4. The zero-order valence-electron chi connectivity index (χ0n) is 15.6. The SMILES string of the molecule is O=C([C@@H]1CC(=O)N(c2ccc3c(c2)OCCO3)C1)N1CCc2ccccc2C1. The Morgan fingerprint density at radius 1 is 1.00 bits per heavy atom. The van der Waals surface area contributed by atoms with Crippen LogP contribution in [0.1, 0.15) is 17.5 Å². The predicted molar refractivity (Wildman–Crippen MR) is 103 cm³/mol. The Bertz CT molecular complexity index is 942. The van der Waals surface area contributed by atoms with Crippen molar-refractivity contribution in [1.29, 1.82) is 0 Å². The second-order valence-corrected chi connectivity index (χ2v) is 7.51. The zero-order chi connectivity index (χ0) is 19.1. The molecule has 2 aromatic rings. The first kappa shape index (κ1) is 17.1. The van der Waals surface area contributed by atoms with Gasteiger partial charge in [0.15, 0.2) is 11.5 Å². The average molecular weight is 378 g/mol. The molecule has 6 heteroatoms. The summed E-state index contributed by atoms with van der Waals surface area (Å²) in [7, 11) is 0.